The van der Waals surface area contributed by atoms with E-state index in [0.717, 1.165) is 55.0 Å². The molecule has 46 nitrogen and oxygen atoms in total. The van der Waals surface area contributed by atoms with Gasteiger partial charge in [0.25, 0.3) is 41.4 Å². The first kappa shape index (κ1) is 130. The summed E-state index contributed by atoms with van der Waals surface area (Å²) in [6.07, 6.45) is 2.18. The molecule has 4 aromatic rings. The summed E-state index contributed by atoms with van der Waals surface area (Å²) < 4.78 is 51.5. The minimum atomic E-state index is -1.90. The van der Waals surface area contributed by atoms with Gasteiger partial charge in [0.2, 0.25) is 35.4 Å². The summed E-state index contributed by atoms with van der Waals surface area (Å²) in [6, 6.07) is 14.2. The topological polar surface area (TPSA) is 797 Å². The molecule has 3 fully saturated rings. The fourth-order valence-electron chi connectivity index (χ4n) is 11.1. The monoisotopic (exact) mass is 1930 g/mol. The number of hydrogen-bond acceptors (Lipinski definition) is 36. The Balaban J connectivity index is -0.000000561. The van der Waals surface area contributed by atoms with Gasteiger partial charge in [-0.3, -0.25) is 72.7 Å². The van der Waals surface area contributed by atoms with Crippen LogP contribution in [-0.4, -0.2) is 278 Å². The Kier molecular flexibility index (Phi) is 70.4. The number of benzene rings is 4. The molecule has 6 unspecified atom stereocenters. The summed E-state index contributed by atoms with van der Waals surface area (Å²) in [6.45, 7) is 9.92. The van der Waals surface area contributed by atoms with Gasteiger partial charge in [-0.05, 0) is 115 Å². The van der Waals surface area contributed by atoms with Crippen LogP contribution >= 0.6 is 0 Å². The van der Waals surface area contributed by atoms with E-state index in [1.54, 1.807) is 6.92 Å². The van der Waals surface area contributed by atoms with Crippen LogP contribution in [0.4, 0.5) is 13.2 Å². The van der Waals surface area contributed by atoms with Crippen molar-refractivity contribution in [2.24, 2.45) is 64.2 Å². The number of nitrogens with one attached hydrogen (secondary N) is 9. The Morgan fingerprint density at radius 1 is 0.383 bits per heavy atom. The van der Waals surface area contributed by atoms with E-state index in [0.29, 0.717) is 31.0 Å². The molecule has 4 aromatic carbocycles. The number of aromatic carboxylic acids is 2. The Morgan fingerprint density at radius 2 is 0.647 bits per heavy atom. The number of carbonyl (C=O) groups excluding carboxylic acids is 14. The lowest BCUT2D eigenvalue weighted by Crippen LogP contribution is -2.44. The number of hydroxylamine groups is 6. The molecule has 0 saturated carbocycles. The van der Waals surface area contributed by atoms with E-state index in [1.807, 2.05) is 20.8 Å². The first-order chi connectivity index (χ1) is 61.4. The van der Waals surface area contributed by atoms with E-state index in [-0.39, 0.29) is 213 Å². The van der Waals surface area contributed by atoms with Crippen molar-refractivity contribution in [3.8, 4) is 0 Å². The van der Waals surface area contributed by atoms with Gasteiger partial charge in [0.05, 0.1) is 22.3 Å². The van der Waals surface area contributed by atoms with Crippen molar-refractivity contribution < 1.29 is 156 Å². The third-order valence-corrected chi connectivity index (χ3v) is 18.4. The molecule has 31 N–H and O–H groups in total. The van der Waals surface area contributed by atoms with Gasteiger partial charge >= 0.3 is 46.4 Å². The van der Waals surface area contributed by atoms with E-state index >= 15 is 0 Å². The third kappa shape index (κ3) is 49.2. The fraction of sp³-hybridized carbons (Fsp3) is 0.487. The average Bonchev–Trinajstić information content (AvgIpc) is 1.74. The molecule has 7 rings (SSSR count). The molecule has 3 heterocycles. The first-order valence-corrected chi connectivity index (χ1v) is 40.7. The van der Waals surface area contributed by atoms with Crippen LogP contribution in [0.25, 0.3) is 0 Å². The largest absolute Gasteiger partial charge is 0.488 e. The zero-order valence-corrected chi connectivity index (χ0v) is 73.1. The van der Waals surface area contributed by atoms with Crippen molar-refractivity contribution in [3.05, 3.63) is 119 Å². The first-order valence-electron chi connectivity index (χ1n) is 39.9. The number of hydrogen-bond donors (Lipinski definition) is 26. The number of imide groups is 3. The van der Waals surface area contributed by atoms with Crippen LogP contribution in [0.1, 0.15) is 175 Å². The minimum Gasteiger partial charge on any atom is -0.478 e. The predicted molar refractivity (Wildman–Crippen MR) is 483 cm³/mol. The average molecular weight is 1930 g/mol. The van der Waals surface area contributed by atoms with Gasteiger partial charge in [-0.15, -0.1) is 5.06 Å². The maximum atomic E-state index is 14.4. The number of nitrogens with zero attached hydrogens (tertiary/aromatic N) is 3. The summed E-state index contributed by atoms with van der Waals surface area (Å²) in [5, 5.41) is 124. The second kappa shape index (κ2) is 72.1. The van der Waals surface area contributed by atoms with Crippen LogP contribution < -0.4 is 87.7 Å². The highest BCUT2D eigenvalue weighted by atomic mass is 32.1. The van der Waals surface area contributed by atoms with Gasteiger partial charge in [-0.25, -0.2) is 37.1 Å². The van der Waals surface area contributed by atoms with Gasteiger partial charge in [0, 0.05) is 177 Å². The predicted octanol–water partition coefficient (Wildman–Crippen LogP) is -5.24. The number of amides is 13. The fourth-order valence-corrected chi connectivity index (χ4v) is 11.1. The quantitative estimate of drug-likeness (QED) is 0.00859. The SMILES string of the molecule is C.C.C.CCC(C)C(=O)NCCN.CCC(CC(CC(CC(CC(CC)C(=O)NCCNC(=O)c1ccc(B(O)O)cc1F)C(=O)NCCN)C(=O)NCCN)C(=O)NCCN)C(=O)NCCN.N=S.N=S.O=C(O)c1ccc(B(O)O)cc1.O=C(O)c1ccc(B(O)O)cc1F.O=C(ON1C(=O)CCC1=O)c1ccc(B(O)O)cc1F.O=C1CCC(=O)N1O.O=C1CCC(=O)N1O. The maximum absolute atomic E-state index is 14.4. The van der Waals surface area contributed by atoms with Crippen LogP contribution in [0, 0.1) is 62.5 Å². The van der Waals surface area contributed by atoms with E-state index in [2.05, 4.69) is 66.9 Å². The molecule has 0 bridgehead atoms. The van der Waals surface area contributed by atoms with E-state index in [1.165, 1.54) is 30.3 Å². The van der Waals surface area contributed by atoms with E-state index in [4.69, 9.17) is 89.0 Å². The summed E-state index contributed by atoms with van der Waals surface area (Å²) in [5.74, 6) is -16.4. The highest BCUT2D eigenvalue weighted by Gasteiger charge is 2.38. The molecule has 55 heteroatoms. The van der Waals surface area contributed by atoms with Crippen molar-refractivity contribution in [2.75, 3.05) is 78.5 Å². The zero-order valence-electron chi connectivity index (χ0n) is 71.4. The molecular formula is C78H124B4F3N17O29S2. The molecule has 0 spiro atoms. The van der Waals surface area contributed by atoms with Crippen LogP contribution in [0.5, 0.6) is 0 Å². The summed E-state index contributed by atoms with van der Waals surface area (Å²) in [7, 11) is -7.12. The molecular weight excluding hydrogens is 1800 g/mol. The standard InChI is InChI=1S/C35H62BFN10O8.C11H9BFNO6.C7H6BFO4.C7H7BO4.C7H16N2O.2C4H5NO3.3CH4.2HNS/c1-3-22(30(48)42-11-7-38)17-24(32(50)43-12-8-39)19-26(34(52)45-14-10-41)20-25(33(51)44-13-9-40)18-23(4-2)31(49)46-15-16-47-35(53)28-6-5-27(36(54)55)21-29(28)37;13-8-5-6(12(18)19)1-2-7(8)11(17)20-14-9(15)3-4-10(14)16;9-6-3-4(8(12)13)1-2-5(6)7(10)11;9-7(10)5-1-3-6(4-2-5)8(11)12;1-3-6(2)7(10)9-5-4-8;2*6-3-1-2-4(7)5(3)8;;;;2*1-2/h5-6,21-26,54-55H,3-4,7-20,38-41H2,1-2H3,(H,42,48)(H,43,50)(H,44,51)(H,45,52)(H,46,49)(H,47,53);1-2,5,18-19H,3-4H2;1-3,12-13H,(H,10,11);1-4,11-12H,(H,9,10);6H,3-5,8H2,1-2H3,(H,9,10);2*8H,1-2H2;3*1H4;2*1H. The molecule has 3 aliphatic rings. The highest BCUT2D eigenvalue weighted by molar-refractivity contribution is 7.45. The molecule has 13 amide bonds. The molecule has 3 saturated heterocycles. The molecule has 0 radical (unpaired) electrons. The van der Waals surface area contributed by atoms with Crippen molar-refractivity contribution in [2.45, 2.75) is 133 Å². The van der Waals surface area contributed by atoms with Crippen LogP contribution in [0.15, 0.2) is 78.9 Å². The summed E-state index contributed by atoms with van der Waals surface area (Å²) in [4.78, 5) is 191. The maximum Gasteiger partial charge on any atom is 0.488 e. The summed E-state index contributed by atoms with van der Waals surface area (Å²) in [5.41, 5.74) is 26.4. The number of halogens is 3. The van der Waals surface area contributed by atoms with Crippen LogP contribution in [-0.2, 0) is 87.2 Å². The molecule has 3 aliphatic heterocycles. The number of carbonyl (C=O) groups is 16. The lowest BCUT2D eigenvalue weighted by molar-refractivity contribution is -0.173. The molecule has 0 aliphatic carbocycles. The van der Waals surface area contributed by atoms with Crippen molar-refractivity contribution in [3.63, 3.8) is 0 Å². The number of carboxylic acids is 2. The molecule has 133 heavy (non-hydrogen) atoms. The second-order valence-corrected chi connectivity index (χ2v) is 27.6. The van der Waals surface area contributed by atoms with Crippen molar-refractivity contribution in [1.82, 2.24) is 52.4 Å². The lowest BCUT2D eigenvalue weighted by atomic mass is 9.78. The van der Waals surface area contributed by atoms with Gasteiger partial charge < -0.3 is 121 Å². The smallest absolute Gasteiger partial charge is 0.478 e. The van der Waals surface area contributed by atoms with Gasteiger partial charge in [0.15, 0.2) is 0 Å². The lowest BCUT2D eigenvalue weighted by Gasteiger charge is -2.29. The molecule has 740 valence electrons. The van der Waals surface area contributed by atoms with Crippen molar-refractivity contribution >= 4 is 170 Å². The van der Waals surface area contributed by atoms with Crippen molar-refractivity contribution in [1.29, 1.82) is 9.56 Å². The summed E-state index contributed by atoms with van der Waals surface area (Å²) >= 11 is 6.67. The van der Waals surface area contributed by atoms with Crippen LogP contribution in [0.3, 0.4) is 0 Å². The Bertz CT molecular complexity index is 4270. The van der Waals surface area contributed by atoms with E-state index < -0.39 is 170 Å². The minimum absolute atomic E-state index is 0. The second-order valence-electron chi connectivity index (χ2n) is 27.6. The van der Waals surface area contributed by atoms with E-state index in [9.17, 15) is 99.9 Å². The normalized spacial score (nSPS) is 13.1. The van der Waals surface area contributed by atoms with Gasteiger partial charge in [-0.1, -0.05) is 80.3 Å². The zero-order chi connectivity index (χ0) is 99.6. The van der Waals surface area contributed by atoms with Gasteiger partial charge in [0.1, 0.15) is 17.5 Å². The Morgan fingerprint density at radius 3 is 0.910 bits per heavy atom. The number of carboxylic acid groups (broad SMARTS) is 2. The number of nitrogens with two attached hydrogens (primary N) is 5. The third-order valence-electron chi connectivity index (χ3n) is 18.4. The molecule has 6 atom stereocenters. The van der Waals surface area contributed by atoms with Crippen LogP contribution in [0.2, 0.25) is 0 Å². The van der Waals surface area contributed by atoms with Gasteiger partial charge in [-0.2, -0.15) is 10.1 Å². The molecule has 0 aromatic heterocycles. The Hall–Kier alpha value is -11.5. The Labute approximate surface area is 778 Å². The highest BCUT2D eigenvalue weighted by Crippen LogP contribution is 2.31. The number of rotatable bonds is 39.